The summed E-state index contributed by atoms with van der Waals surface area (Å²) in [6.07, 6.45) is 2.33. The van der Waals surface area contributed by atoms with E-state index in [-0.39, 0.29) is 36.8 Å². The van der Waals surface area contributed by atoms with Gasteiger partial charge >= 0.3 is 0 Å². The van der Waals surface area contributed by atoms with Crippen LogP contribution in [0.5, 0.6) is 0 Å². The number of carbonyl (C=O) groups is 1. The van der Waals surface area contributed by atoms with Crippen LogP contribution in [0, 0.1) is 0 Å². The molecule has 1 unspecified atom stereocenters. The van der Waals surface area contributed by atoms with Crippen LogP contribution >= 0.6 is 24.8 Å². The van der Waals surface area contributed by atoms with Crippen LogP contribution in [-0.2, 0) is 4.79 Å². The summed E-state index contributed by atoms with van der Waals surface area (Å²) in [5.74, 6) is 1.59. The number of aromatic nitrogens is 1. The number of amides is 1. The highest BCUT2D eigenvalue weighted by molar-refractivity contribution is 5.85. The molecule has 1 aromatic carbocycles. The summed E-state index contributed by atoms with van der Waals surface area (Å²) in [5.41, 5.74) is 8.60. The molecule has 6 nitrogen and oxygen atoms in total. The lowest BCUT2D eigenvalue weighted by atomic mass is 9.99. The van der Waals surface area contributed by atoms with Gasteiger partial charge in [-0.25, -0.2) is 4.98 Å². The highest BCUT2D eigenvalue weighted by Gasteiger charge is 2.18. The van der Waals surface area contributed by atoms with E-state index in [2.05, 4.69) is 58.2 Å². The zero-order chi connectivity index (χ0) is 20.6. The molecule has 0 aliphatic carbocycles. The van der Waals surface area contributed by atoms with Crippen molar-refractivity contribution in [2.24, 2.45) is 5.73 Å². The molecule has 0 spiro atoms. The van der Waals surface area contributed by atoms with Crippen LogP contribution in [0.3, 0.4) is 0 Å². The largest absolute Gasteiger partial charge is 0.354 e. The Labute approximate surface area is 198 Å². The summed E-state index contributed by atoms with van der Waals surface area (Å²) in [6, 6.07) is 14.2. The van der Waals surface area contributed by atoms with Crippen molar-refractivity contribution in [3.63, 3.8) is 0 Å². The molecular weight excluding hydrogens is 433 g/mol. The van der Waals surface area contributed by atoms with Gasteiger partial charge in [-0.2, -0.15) is 0 Å². The number of carbonyl (C=O) groups excluding carboxylic acids is 1. The summed E-state index contributed by atoms with van der Waals surface area (Å²) in [7, 11) is 0. The zero-order valence-corrected chi connectivity index (χ0v) is 20.0. The zero-order valence-electron chi connectivity index (χ0n) is 18.4. The average Bonchev–Trinajstić information content (AvgIpc) is 2.77. The fourth-order valence-electron chi connectivity index (χ4n) is 3.56. The molecule has 0 saturated carbocycles. The van der Waals surface area contributed by atoms with Crippen LogP contribution in [-0.4, -0.2) is 55.1 Å². The molecule has 1 aliphatic heterocycles. The molecular formula is C23H35Cl2N5O. The van der Waals surface area contributed by atoms with E-state index >= 15 is 0 Å². The van der Waals surface area contributed by atoms with E-state index in [1.807, 2.05) is 24.4 Å². The number of anilines is 1. The third kappa shape index (κ3) is 8.30. The number of nitrogens with zero attached hydrogens (tertiary/aromatic N) is 3. The number of hydrogen-bond donors (Lipinski definition) is 2. The molecule has 1 aromatic heterocycles. The van der Waals surface area contributed by atoms with Crippen LogP contribution in [0.1, 0.15) is 43.4 Å². The van der Waals surface area contributed by atoms with E-state index in [1.165, 1.54) is 5.56 Å². The second kappa shape index (κ2) is 13.5. The molecule has 8 heteroatoms. The Bertz CT molecular complexity index is 765. The van der Waals surface area contributed by atoms with Crippen LogP contribution in [0.2, 0.25) is 0 Å². The van der Waals surface area contributed by atoms with Crippen molar-refractivity contribution < 1.29 is 4.79 Å². The van der Waals surface area contributed by atoms with Crippen molar-refractivity contribution in [3.8, 4) is 0 Å². The van der Waals surface area contributed by atoms with Gasteiger partial charge in [0.05, 0.1) is 0 Å². The minimum absolute atomic E-state index is 0. The van der Waals surface area contributed by atoms with E-state index in [9.17, 15) is 4.79 Å². The van der Waals surface area contributed by atoms with Gasteiger partial charge in [0.25, 0.3) is 0 Å². The maximum Gasteiger partial charge on any atom is 0.221 e. The number of halogens is 2. The Balaban J connectivity index is 0.00000240. The Hall–Kier alpha value is -1.86. The molecule has 31 heavy (non-hydrogen) atoms. The normalized spacial score (nSPS) is 15.0. The topological polar surface area (TPSA) is 74.5 Å². The first-order chi connectivity index (χ1) is 14.0. The van der Waals surface area contributed by atoms with Crippen molar-refractivity contribution >= 4 is 36.5 Å². The Morgan fingerprint density at radius 3 is 2.26 bits per heavy atom. The first kappa shape index (κ1) is 27.2. The van der Waals surface area contributed by atoms with Crippen molar-refractivity contribution in [2.45, 2.75) is 32.2 Å². The van der Waals surface area contributed by atoms with E-state index in [1.54, 1.807) is 0 Å². The highest BCUT2D eigenvalue weighted by atomic mass is 35.5. The number of benzene rings is 1. The van der Waals surface area contributed by atoms with Gasteiger partial charge in [0.2, 0.25) is 5.91 Å². The number of pyridine rings is 1. The number of nitrogens with two attached hydrogens (primary N) is 1. The standard InChI is InChI=1S/C23H33N5O.2ClH/c1-18(2)19-6-8-20(9-7-19)21(24)17-26-23(29)10-12-27-13-15-28(16-14-27)22-5-3-4-11-25-22;;/h3-9,11,18,21H,10,12-17,24H2,1-2H3,(H,26,29);2*1H. The summed E-state index contributed by atoms with van der Waals surface area (Å²) in [6.45, 7) is 9.37. The van der Waals surface area contributed by atoms with E-state index in [4.69, 9.17) is 5.73 Å². The fraction of sp³-hybridized carbons (Fsp3) is 0.478. The van der Waals surface area contributed by atoms with Gasteiger partial charge in [0.1, 0.15) is 5.82 Å². The maximum atomic E-state index is 12.2. The highest BCUT2D eigenvalue weighted by Crippen LogP contribution is 2.17. The lowest BCUT2D eigenvalue weighted by molar-refractivity contribution is -0.121. The predicted octanol–water partition coefficient (Wildman–Crippen LogP) is 3.38. The number of piperazine rings is 1. The van der Waals surface area contributed by atoms with E-state index in [0.717, 1.165) is 44.1 Å². The Kier molecular flexibility index (Phi) is 11.9. The number of nitrogens with one attached hydrogen (secondary N) is 1. The van der Waals surface area contributed by atoms with E-state index < -0.39 is 0 Å². The summed E-state index contributed by atoms with van der Waals surface area (Å²) in [4.78, 5) is 21.3. The predicted molar refractivity (Wildman–Crippen MR) is 132 cm³/mol. The lowest BCUT2D eigenvalue weighted by Crippen LogP contribution is -2.47. The average molecular weight is 468 g/mol. The Morgan fingerprint density at radius 1 is 1.03 bits per heavy atom. The van der Waals surface area contributed by atoms with Gasteiger partial charge in [-0.15, -0.1) is 24.8 Å². The second-order valence-corrected chi connectivity index (χ2v) is 8.00. The summed E-state index contributed by atoms with van der Waals surface area (Å²) < 4.78 is 0. The van der Waals surface area contributed by atoms with Gasteiger partial charge in [-0.3, -0.25) is 9.69 Å². The third-order valence-corrected chi connectivity index (χ3v) is 5.55. The van der Waals surface area contributed by atoms with Crippen LogP contribution in [0.4, 0.5) is 5.82 Å². The molecule has 1 amide bonds. The lowest BCUT2D eigenvalue weighted by Gasteiger charge is -2.35. The van der Waals surface area contributed by atoms with Gasteiger partial charge in [0.15, 0.2) is 0 Å². The van der Waals surface area contributed by atoms with Crippen molar-refractivity contribution in [1.82, 2.24) is 15.2 Å². The fourth-order valence-corrected chi connectivity index (χ4v) is 3.56. The first-order valence-corrected chi connectivity index (χ1v) is 10.5. The summed E-state index contributed by atoms with van der Waals surface area (Å²) in [5, 5.41) is 2.98. The molecule has 2 aromatic rings. The molecule has 2 heterocycles. The van der Waals surface area contributed by atoms with Gasteiger partial charge in [0, 0.05) is 57.9 Å². The molecule has 1 saturated heterocycles. The van der Waals surface area contributed by atoms with Gasteiger partial charge in [-0.05, 0) is 29.2 Å². The molecule has 1 fully saturated rings. The number of hydrogen-bond acceptors (Lipinski definition) is 5. The monoisotopic (exact) mass is 467 g/mol. The molecule has 1 atom stereocenters. The molecule has 3 N–H and O–H groups in total. The smallest absolute Gasteiger partial charge is 0.221 e. The third-order valence-electron chi connectivity index (χ3n) is 5.55. The minimum atomic E-state index is -0.179. The van der Waals surface area contributed by atoms with Crippen LogP contribution in [0.25, 0.3) is 0 Å². The van der Waals surface area contributed by atoms with Crippen LogP contribution in [0.15, 0.2) is 48.7 Å². The minimum Gasteiger partial charge on any atom is -0.354 e. The van der Waals surface area contributed by atoms with Crippen LogP contribution < -0.4 is 16.0 Å². The molecule has 3 rings (SSSR count). The molecule has 1 aliphatic rings. The SMILES string of the molecule is CC(C)c1ccc(C(N)CNC(=O)CCN2CCN(c3ccccn3)CC2)cc1.Cl.Cl. The van der Waals surface area contributed by atoms with Crippen molar-refractivity contribution in [1.29, 1.82) is 0 Å². The maximum absolute atomic E-state index is 12.2. The van der Waals surface area contributed by atoms with Crippen molar-refractivity contribution in [3.05, 3.63) is 59.8 Å². The summed E-state index contributed by atoms with van der Waals surface area (Å²) >= 11 is 0. The molecule has 0 radical (unpaired) electrons. The van der Waals surface area contributed by atoms with Crippen molar-refractivity contribution in [2.75, 3.05) is 44.2 Å². The molecule has 172 valence electrons. The van der Waals surface area contributed by atoms with Gasteiger partial charge in [-0.1, -0.05) is 44.2 Å². The van der Waals surface area contributed by atoms with Gasteiger partial charge < -0.3 is 16.0 Å². The Morgan fingerprint density at radius 2 is 1.68 bits per heavy atom. The first-order valence-electron chi connectivity index (χ1n) is 10.5. The molecule has 0 bridgehead atoms. The quantitative estimate of drug-likeness (QED) is 0.622. The second-order valence-electron chi connectivity index (χ2n) is 8.00. The van der Waals surface area contributed by atoms with E-state index in [0.29, 0.717) is 18.9 Å². The number of rotatable bonds is 8.